The van der Waals surface area contributed by atoms with Crippen molar-refractivity contribution in [3.05, 3.63) is 29.8 Å². The van der Waals surface area contributed by atoms with E-state index < -0.39 is 6.10 Å². The zero-order chi connectivity index (χ0) is 15.5. The molecule has 0 aliphatic carbocycles. The molecule has 2 atom stereocenters. The second kappa shape index (κ2) is 6.46. The first-order valence-corrected chi connectivity index (χ1v) is 7.72. The Morgan fingerprint density at radius 1 is 1.36 bits per heavy atom. The van der Waals surface area contributed by atoms with Gasteiger partial charge in [-0.3, -0.25) is 9.59 Å². The van der Waals surface area contributed by atoms with E-state index in [1.807, 2.05) is 24.3 Å². The van der Waals surface area contributed by atoms with Crippen molar-refractivity contribution in [1.82, 2.24) is 10.6 Å². The first-order valence-electron chi connectivity index (χ1n) is 7.72. The lowest BCUT2D eigenvalue weighted by Gasteiger charge is -2.16. The molecule has 3 N–H and O–H groups in total. The molecule has 0 radical (unpaired) electrons. The van der Waals surface area contributed by atoms with Gasteiger partial charge in [-0.25, -0.2) is 0 Å². The Morgan fingerprint density at radius 3 is 2.73 bits per heavy atom. The number of amides is 2. The van der Waals surface area contributed by atoms with Crippen molar-refractivity contribution in [3.63, 3.8) is 0 Å². The van der Waals surface area contributed by atoms with Crippen molar-refractivity contribution in [3.8, 4) is 0 Å². The average Bonchev–Trinajstić information content (AvgIpc) is 3.14. The maximum Gasteiger partial charge on any atom is 0.237 e. The van der Waals surface area contributed by atoms with Crippen LogP contribution in [-0.2, 0) is 16.1 Å². The highest BCUT2D eigenvalue weighted by Gasteiger charge is 2.27. The Hall–Kier alpha value is -1.92. The van der Waals surface area contributed by atoms with Crippen molar-refractivity contribution < 1.29 is 14.7 Å². The first-order chi connectivity index (χ1) is 10.6. The summed E-state index contributed by atoms with van der Waals surface area (Å²) in [4.78, 5) is 25.4. The van der Waals surface area contributed by atoms with Gasteiger partial charge in [0.1, 0.15) is 0 Å². The molecular weight excluding hydrogens is 282 g/mol. The first kappa shape index (κ1) is 15.0. The molecule has 0 spiro atoms. The molecular formula is C16H21N3O3. The van der Waals surface area contributed by atoms with Crippen molar-refractivity contribution in [2.45, 2.75) is 38.0 Å². The summed E-state index contributed by atoms with van der Waals surface area (Å²) in [6, 6.07) is 7.39. The van der Waals surface area contributed by atoms with Crippen molar-refractivity contribution in [2.24, 2.45) is 0 Å². The topological polar surface area (TPSA) is 81.7 Å². The third-order valence-corrected chi connectivity index (χ3v) is 4.21. The summed E-state index contributed by atoms with van der Waals surface area (Å²) in [5.41, 5.74) is 1.90. The number of nitrogens with zero attached hydrogens (tertiary/aromatic N) is 1. The number of rotatable bonds is 4. The van der Waals surface area contributed by atoms with Gasteiger partial charge in [-0.15, -0.1) is 0 Å². The summed E-state index contributed by atoms with van der Waals surface area (Å²) in [6.07, 6.45) is 1.56. The van der Waals surface area contributed by atoms with Crippen LogP contribution in [0.1, 0.15) is 24.8 Å². The number of carbonyl (C=O) groups is 2. The summed E-state index contributed by atoms with van der Waals surface area (Å²) in [7, 11) is 0. The number of anilines is 1. The number of hydrogen-bond acceptors (Lipinski definition) is 4. The van der Waals surface area contributed by atoms with Gasteiger partial charge in [-0.1, -0.05) is 12.1 Å². The van der Waals surface area contributed by atoms with E-state index in [2.05, 4.69) is 10.6 Å². The van der Waals surface area contributed by atoms with Gasteiger partial charge in [0.2, 0.25) is 11.8 Å². The molecule has 6 nitrogen and oxygen atoms in total. The lowest BCUT2D eigenvalue weighted by atomic mass is 10.1. The van der Waals surface area contributed by atoms with Gasteiger partial charge in [-0.2, -0.15) is 0 Å². The average molecular weight is 303 g/mol. The number of benzene rings is 1. The maximum atomic E-state index is 11.9. The minimum absolute atomic E-state index is 0.0876. The van der Waals surface area contributed by atoms with E-state index >= 15 is 0 Å². The number of carbonyl (C=O) groups excluding carboxylic acids is 2. The monoisotopic (exact) mass is 303 g/mol. The molecule has 2 aliphatic heterocycles. The molecule has 2 heterocycles. The highest BCUT2D eigenvalue weighted by atomic mass is 16.3. The fourth-order valence-corrected chi connectivity index (χ4v) is 2.94. The Balaban J connectivity index is 1.53. The highest BCUT2D eigenvalue weighted by Crippen LogP contribution is 2.21. The van der Waals surface area contributed by atoms with E-state index in [-0.39, 0.29) is 17.9 Å². The van der Waals surface area contributed by atoms with E-state index in [1.54, 1.807) is 4.90 Å². The third kappa shape index (κ3) is 3.28. The Kier molecular flexibility index (Phi) is 4.40. The molecule has 22 heavy (non-hydrogen) atoms. The van der Waals surface area contributed by atoms with Crippen LogP contribution in [0.25, 0.3) is 0 Å². The number of aliphatic hydroxyl groups excluding tert-OH is 1. The zero-order valence-corrected chi connectivity index (χ0v) is 12.4. The van der Waals surface area contributed by atoms with Gasteiger partial charge in [0.05, 0.1) is 12.1 Å². The molecule has 2 unspecified atom stereocenters. The van der Waals surface area contributed by atoms with Crippen LogP contribution in [-0.4, -0.2) is 42.2 Å². The molecule has 1 aromatic rings. The number of hydrogen-bond donors (Lipinski definition) is 3. The van der Waals surface area contributed by atoms with Gasteiger partial charge >= 0.3 is 0 Å². The smallest absolute Gasteiger partial charge is 0.237 e. The van der Waals surface area contributed by atoms with Crippen LogP contribution in [0.4, 0.5) is 5.69 Å². The normalized spacial score (nSPS) is 24.8. The number of nitrogens with one attached hydrogen (secondary N) is 2. The highest BCUT2D eigenvalue weighted by molar-refractivity contribution is 5.95. The van der Waals surface area contributed by atoms with Gasteiger partial charge in [0, 0.05) is 31.7 Å². The molecule has 6 heteroatoms. The van der Waals surface area contributed by atoms with Crippen LogP contribution in [0.15, 0.2) is 24.3 Å². The molecule has 1 aromatic carbocycles. The Morgan fingerprint density at radius 2 is 2.14 bits per heavy atom. The van der Waals surface area contributed by atoms with Gasteiger partial charge in [0.15, 0.2) is 0 Å². The minimum Gasteiger partial charge on any atom is -0.392 e. The van der Waals surface area contributed by atoms with Crippen molar-refractivity contribution in [2.75, 3.05) is 18.0 Å². The molecule has 2 aliphatic rings. The molecule has 0 saturated carbocycles. The lowest BCUT2D eigenvalue weighted by Crippen LogP contribution is -2.40. The van der Waals surface area contributed by atoms with Gasteiger partial charge in [0.25, 0.3) is 0 Å². The summed E-state index contributed by atoms with van der Waals surface area (Å²) >= 11 is 0. The van der Waals surface area contributed by atoms with Crippen LogP contribution >= 0.6 is 0 Å². The molecule has 118 valence electrons. The molecule has 0 aromatic heterocycles. The Labute approximate surface area is 129 Å². The standard InChI is InChI=1S/C16H21N3O3/c20-13-8-14(17-10-13)16(22)18-9-11-3-5-12(6-4-11)19-7-1-2-15(19)21/h3-6,13-14,17,20H,1-2,7-10H2,(H,18,22). The number of aliphatic hydroxyl groups is 1. The van der Waals surface area contributed by atoms with Gasteiger partial charge < -0.3 is 20.6 Å². The second-order valence-electron chi connectivity index (χ2n) is 5.88. The maximum absolute atomic E-state index is 11.9. The van der Waals surface area contributed by atoms with E-state index in [4.69, 9.17) is 0 Å². The predicted octanol–water partition coefficient (Wildman–Crippen LogP) is 0.152. The van der Waals surface area contributed by atoms with Crippen LogP contribution in [0.2, 0.25) is 0 Å². The fraction of sp³-hybridized carbons (Fsp3) is 0.500. The molecule has 0 bridgehead atoms. The van der Waals surface area contributed by atoms with Gasteiger partial charge in [-0.05, 0) is 30.5 Å². The van der Waals surface area contributed by atoms with Crippen molar-refractivity contribution in [1.29, 1.82) is 0 Å². The third-order valence-electron chi connectivity index (χ3n) is 4.21. The summed E-state index contributed by atoms with van der Waals surface area (Å²) in [5.74, 6) is 0.0854. The number of β-amino-alcohol motifs (C(OH)–C–C–N with tert-alkyl or cyclic N) is 1. The molecule has 3 rings (SSSR count). The molecule has 2 amide bonds. The van der Waals surface area contributed by atoms with Crippen LogP contribution in [0.3, 0.4) is 0 Å². The lowest BCUT2D eigenvalue weighted by molar-refractivity contribution is -0.123. The largest absolute Gasteiger partial charge is 0.392 e. The summed E-state index contributed by atoms with van der Waals surface area (Å²) in [5, 5.41) is 15.3. The summed E-state index contributed by atoms with van der Waals surface area (Å²) < 4.78 is 0. The molecule has 2 saturated heterocycles. The summed E-state index contributed by atoms with van der Waals surface area (Å²) in [6.45, 7) is 1.70. The van der Waals surface area contributed by atoms with E-state index in [0.717, 1.165) is 24.2 Å². The predicted molar refractivity (Wildman–Crippen MR) is 82.3 cm³/mol. The van der Waals surface area contributed by atoms with Crippen LogP contribution < -0.4 is 15.5 Å². The Bertz CT molecular complexity index is 558. The SMILES string of the molecule is O=C(NCc1ccc(N2CCCC2=O)cc1)C1CC(O)CN1. The van der Waals surface area contributed by atoms with Crippen LogP contribution in [0, 0.1) is 0 Å². The van der Waals surface area contributed by atoms with E-state index in [1.165, 1.54) is 0 Å². The van der Waals surface area contributed by atoms with E-state index in [0.29, 0.717) is 25.9 Å². The molecule has 2 fully saturated rings. The second-order valence-corrected chi connectivity index (χ2v) is 5.88. The van der Waals surface area contributed by atoms with E-state index in [9.17, 15) is 14.7 Å². The van der Waals surface area contributed by atoms with Crippen LogP contribution in [0.5, 0.6) is 0 Å². The fourth-order valence-electron chi connectivity index (χ4n) is 2.94. The zero-order valence-electron chi connectivity index (χ0n) is 12.4. The van der Waals surface area contributed by atoms with Crippen molar-refractivity contribution >= 4 is 17.5 Å². The quantitative estimate of drug-likeness (QED) is 0.740. The minimum atomic E-state index is -0.437.